The van der Waals surface area contributed by atoms with Gasteiger partial charge in [0.1, 0.15) is 19.2 Å². The van der Waals surface area contributed by atoms with Gasteiger partial charge in [-0.1, -0.05) is 43.3 Å². The molecule has 7 heteroatoms. The van der Waals surface area contributed by atoms with Crippen LogP contribution >= 0.6 is 12.2 Å². The van der Waals surface area contributed by atoms with Crippen LogP contribution in [0.25, 0.3) is 22.7 Å². The zero-order valence-electron chi connectivity index (χ0n) is 22.6. The maximum absolute atomic E-state index is 10.1. The largest absolute Gasteiger partial charge is 0.507 e. The highest BCUT2D eigenvalue weighted by Gasteiger charge is 2.15. The Labute approximate surface area is 234 Å². The lowest BCUT2D eigenvalue weighted by Gasteiger charge is -2.13. The van der Waals surface area contributed by atoms with Gasteiger partial charge in [-0.25, -0.2) is 0 Å². The van der Waals surface area contributed by atoms with E-state index < -0.39 is 0 Å². The lowest BCUT2D eigenvalue weighted by atomic mass is 10.0. The molecule has 5 aromatic rings. The Kier molecular flexibility index (Phi) is 8.00. The molecule has 0 bridgehead atoms. The summed E-state index contributed by atoms with van der Waals surface area (Å²) in [5, 5.41) is 14.8. The number of hydrogen-bond acceptors (Lipinski definition) is 4. The summed E-state index contributed by atoms with van der Waals surface area (Å²) in [7, 11) is 0. The Balaban J connectivity index is 1.32. The fourth-order valence-corrected chi connectivity index (χ4v) is 5.39. The third kappa shape index (κ3) is 5.70. The molecule has 0 fully saturated rings. The minimum Gasteiger partial charge on any atom is -0.507 e. The van der Waals surface area contributed by atoms with E-state index in [-0.39, 0.29) is 0 Å². The number of hydrogen-bond donors (Lipinski definition) is 3. The molecule has 5 rings (SSSR count). The Bertz CT molecular complexity index is 1670. The van der Waals surface area contributed by atoms with E-state index >= 15 is 0 Å². The SMILES string of the molecule is CCc1c(CC=Cc2cc(C)c(O)c(C)c2)n(COCNc2cccc(-n3cc[nH]c3=S)c2)c2ccccc12. The number of nitrogens with zero attached hydrogens (tertiary/aromatic N) is 2. The highest BCUT2D eigenvalue weighted by molar-refractivity contribution is 7.71. The maximum atomic E-state index is 10.1. The molecule has 3 aromatic carbocycles. The van der Waals surface area contributed by atoms with Crippen molar-refractivity contribution in [3.63, 3.8) is 0 Å². The molecule has 3 N–H and O–H groups in total. The van der Waals surface area contributed by atoms with E-state index in [4.69, 9.17) is 17.0 Å². The smallest absolute Gasteiger partial charge is 0.181 e. The van der Waals surface area contributed by atoms with Crippen molar-refractivity contribution in [1.29, 1.82) is 0 Å². The van der Waals surface area contributed by atoms with E-state index in [1.807, 2.05) is 61.1 Å². The molecule has 0 saturated carbocycles. The number of aryl methyl sites for hydroxylation is 3. The quantitative estimate of drug-likeness (QED) is 0.0969. The number of ether oxygens (including phenoxy) is 1. The van der Waals surface area contributed by atoms with Gasteiger partial charge in [-0.2, -0.15) is 0 Å². The number of nitrogens with one attached hydrogen (secondary N) is 2. The molecule has 0 spiro atoms. The number of rotatable bonds is 10. The number of H-pyrrole nitrogens is 1. The predicted octanol–water partition coefficient (Wildman–Crippen LogP) is 7.67. The molecule has 0 radical (unpaired) electrons. The van der Waals surface area contributed by atoms with Gasteiger partial charge in [0, 0.05) is 41.3 Å². The summed E-state index contributed by atoms with van der Waals surface area (Å²) in [4.78, 5) is 3.03. The Morgan fingerprint density at radius 2 is 1.85 bits per heavy atom. The summed E-state index contributed by atoms with van der Waals surface area (Å²) in [5.41, 5.74) is 8.60. The summed E-state index contributed by atoms with van der Waals surface area (Å²) in [6, 6.07) is 20.7. The average molecular weight is 539 g/mol. The maximum Gasteiger partial charge on any atom is 0.181 e. The average Bonchev–Trinajstić information content (AvgIpc) is 3.50. The van der Waals surface area contributed by atoms with Crippen LogP contribution in [0.3, 0.4) is 0 Å². The number of aromatic amines is 1. The third-order valence-electron chi connectivity index (χ3n) is 7.05. The van der Waals surface area contributed by atoms with E-state index in [0.717, 1.165) is 40.9 Å². The molecule has 6 nitrogen and oxygen atoms in total. The summed E-state index contributed by atoms with van der Waals surface area (Å²) in [5.74, 6) is 0.367. The predicted molar refractivity (Wildman–Crippen MR) is 162 cm³/mol. The van der Waals surface area contributed by atoms with Crippen LogP contribution in [0.1, 0.15) is 34.9 Å². The van der Waals surface area contributed by atoms with E-state index in [2.05, 4.69) is 64.3 Å². The number of imidazole rings is 1. The van der Waals surface area contributed by atoms with Gasteiger partial charge >= 0.3 is 0 Å². The summed E-state index contributed by atoms with van der Waals surface area (Å²) < 4.78 is 11.0. The molecular weight excluding hydrogens is 504 g/mol. The zero-order valence-corrected chi connectivity index (χ0v) is 23.4. The number of phenols is 1. The fourth-order valence-electron chi connectivity index (χ4n) is 5.16. The first kappa shape index (κ1) is 26.5. The van der Waals surface area contributed by atoms with Crippen LogP contribution < -0.4 is 5.32 Å². The second-order valence-corrected chi connectivity index (χ2v) is 10.1. The zero-order chi connectivity index (χ0) is 27.4. The minimum atomic E-state index is 0.367. The fraction of sp³-hybridized carbons (Fsp3) is 0.219. The minimum absolute atomic E-state index is 0.367. The van der Waals surface area contributed by atoms with E-state index in [9.17, 15) is 5.11 Å². The van der Waals surface area contributed by atoms with E-state index in [1.165, 1.54) is 22.2 Å². The number of aromatic nitrogens is 3. The van der Waals surface area contributed by atoms with Gasteiger partial charge in [0.15, 0.2) is 4.77 Å². The monoisotopic (exact) mass is 538 g/mol. The molecule has 39 heavy (non-hydrogen) atoms. The highest BCUT2D eigenvalue weighted by Crippen LogP contribution is 2.28. The van der Waals surface area contributed by atoms with Crippen molar-refractivity contribution in [1.82, 2.24) is 14.1 Å². The van der Waals surface area contributed by atoms with Crippen LogP contribution in [-0.2, 0) is 24.3 Å². The van der Waals surface area contributed by atoms with Gasteiger partial charge in [-0.05, 0) is 91.1 Å². The van der Waals surface area contributed by atoms with Crippen molar-refractivity contribution >= 4 is 34.9 Å². The molecule has 0 aliphatic heterocycles. The van der Waals surface area contributed by atoms with E-state index in [0.29, 0.717) is 24.0 Å². The Morgan fingerprint density at radius 3 is 2.59 bits per heavy atom. The van der Waals surface area contributed by atoms with Crippen LogP contribution in [-0.4, -0.2) is 26.0 Å². The first-order valence-electron chi connectivity index (χ1n) is 13.2. The number of aromatic hydroxyl groups is 1. The molecule has 2 heterocycles. The van der Waals surface area contributed by atoms with Gasteiger partial charge in [-0.3, -0.25) is 4.57 Å². The van der Waals surface area contributed by atoms with Gasteiger partial charge in [0.05, 0.1) is 5.52 Å². The lowest BCUT2D eigenvalue weighted by Crippen LogP contribution is -2.12. The molecule has 0 amide bonds. The third-order valence-corrected chi connectivity index (χ3v) is 7.37. The molecule has 0 aliphatic rings. The van der Waals surface area contributed by atoms with Crippen LogP contribution in [0.2, 0.25) is 0 Å². The summed E-state index contributed by atoms with van der Waals surface area (Å²) in [6.45, 7) is 6.89. The van der Waals surface area contributed by atoms with Crippen molar-refractivity contribution in [3.05, 3.63) is 112 Å². The van der Waals surface area contributed by atoms with Crippen LogP contribution in [0.5, 0.6) is 5.75 Å². The molecule has 0 saturated heterocycles. The standard InChI is InChI=1S/C32H34N4O2S/c1-4-27-28-12-5-6-13-30(28)36(29(27)14-7-9-24-17-22(2)31(37)23(3)18-24)21-38-20-34-25-10-8-11-26(19-25)35-16-15-33-32(35)39/h5-13,15-19,34,37H,4,14,20-21H2,1-3H3,(H,33,39). The van der Waals surface area contributed by atoms with E-state index in [1.54, 1.807) is 0 Å². The second-order valence-electron chi connectivity index (χ2n) is 9.67. The van der Waals surface area contributed by atoms with Crippen molar-refractivity contribution in [2.45, 2.75) is 40.3 Å². The van der Waals surface area contributed by atoms with Crippen molar-refractivity contribution in [2.24, 2.45) is 0 Å². The molecule has 0 unspecified atom stereocenters. The first-order chi connectivity index (χ1) is 19.0. The number of anilines is 1. The number of phenolic OH excluding ortho intramolecular Hbond substituents is 1. The van der Waals surface area contributed by atoms with Gasteiger partial charge < -0.3 is 24.7 Å². The highest BCUT2D eigenvalue weighted by atomic mass is 32.1. The van der Waals surface area contributed by atoms with Crippen molar-refractivity contribution in [2.75, 3.05) is 12.0 Å². The summed E-state index contributed by atoms with van der Waals surface area (Å²) >= 11 is 5.35. The first-order valence-corrected chi connectivity index (χ1v) is 13.6. The second kappa shape index (κ2) is 11.8. The number of allylic oxidation sites excluding steroid dienone is 1. The molecule has 200 valence electrons. The van der Waals surface area contributed by atoms with Gasteiger partial charge in [-0.15, -0.1) is 0 Å². The van der Waals surface area contributed by atoms with Crippen LogP contribution in [0, 0.1) is 18.6 Å². The van der Waals surface area contributed by atoms with Crippen molar-refractivity contribution < 1.29 is 9.84 Å². The van der Waals surface area contributed by atoms with Gasteiger partial charge in [0.25, 0.3) is 0 Å². The Hall–Kier alpha value is -4.07. The topological polar surface area (TPSA) is 67.1 Å². The number of benzene rings is 3. The summed E-state index contributed by atoms with van der Waals surface area (Å²) in [6.07, 6.45) is 9.81. The van der Waals surface area contributed by atoms with Crippen LogP contribution in [0.15, 0.2) is 79.1 Å². The van der Waals surface area contributed by atoms with Crippen molar-refractivity contribution in [3.8, 4) is 11.4 Å². The normalized spacial score (nSPS) is 11.6. The Morgan fingerprint density at radius 1 is 1.05 bits per heavy atom. The molecule has 0 atom stereocenters. The molecular formula is C32H34N4O2S. The lowest BCUT2D eigenvalue weighted by molar-refractivity contribution is 0.0932. The molecule has 2 aromatic heterocycles. The molecule has 0 aliphatic carbocycles. The number of fused-ring (bicyclic) bond motifs is 1. The van der Waals surface area contributed by atoms with Crippen LogP contribution in [0.4, 0.5) is 5.69 Å². The van der Waals surface area contributed by atoms with Gasteiger partial charge in [0.2, 0.25) is 0 Å². The number of para-hydroxylation sites is 1.